The van der Waals surface area contributed by atoms with Gasteiger partial charge in [-0.3, -0.25) is 4.79 Å². The van der Waals surface area contributed by atoms with Crippen LogP contribution in [-0.2, 0) is 11.2 Å². The molecular formula is C15H15ClN6O. The number of nitrogens with two attached hydrogens (primary N) is 1. The largest absolute Gasteiger partial charge is 0.348 e. The van der Waals surface area contributed by atoms with E-state index in [2.05, 4.69) is 20.4 Å². The van der Waals surface area contributed by atoms with Crippen LogP contribution in [0.25, 0.3) is 5.69 Å². The van der Waals surface area contributed by atoms with E-state index >= 15 is 0 Å². The topological polar surface area (TPSA) is 102 Å². The predicted molar refractivity (Wildman–Crippen MR) is 87.5 cm³/mol. The molecule has 0 unspecified atom stereocenters. The van der Waals surface area contributed by atoms with Gasteiger partial charge in [-0.25, -0.2) is 9.67 Å². The zero-order valence-electron chi connectivity index (χ0n) is 12.1. The van der Waals surface area contributed by atoms with Gasteiger partial charge >= 0.3 is 0 Å². The first kappa shape index (κ1) is 15.3. The number of carbonyl (C=O) groups is 1. The monoisotopic (exact) mass is 330 g/mol. The van der Waals surface area contributed by atoms with Crippen molar-refractivity contribution in [2.45, 2.75) is 12.5 Å². The van der Waals surface area contributed by atoms with E-state index in [0.717, 1.165) is 11.4 Å². The van der Waals surface area contributed by atoms with Crippen molar-refractivity contribution in [1.29, 1.82) is 0 Å². The Balaban J connectivity index is 1.67. The van der Waals surface area contributed by atoms with Crippen LogP contribution in [-0.4, -0.2) is 31.7 Å². The Kier molecular flexibility index (Phi) is 4.40. The fourth-order valence-electron chi connectivity index (χ4n) is 2.11. The highest BCUT2D eigenvalue weighted by molar-refractivity contribution is 6.32. The van der Waals surface area contributed by atoms with Crippen LogP contribution >= 0.6 is 11.6 Å². The Labute approximate surface area is 137 Å². The summed E-state index contributed by atoms with van der Waals surface area (Å²) in [4.78, 5) is 18.9. The number of rotatable bonds is 5. The van der Waals surface area contributed by atoms with Gasteiger partial charge in [-0.15, -0.1) is 0 Å². The number of anilines is 1. The zero-order valence-corrected chi connectivity index (χ0v) is 12.9. The van der Waals surface area contributed by atoms with E-state index in [0.29, 0.717) is 17.3 Å². The molecule has 8 heteroatoms. The lowest BCUT2D eigenvalue weighted by Gasteiger charge is -2.09. The standard InChI is InChI=1S/C15H15ClN6O/c16-11-3-1-2-4-13(11)22-6-5-14(21-22)20-15(23)12(17)7-10-8-18-9-19-10/h1-6,8-9,12H,7,17H2,(H,18,19)(H,20,21,23)/t12-/m0/s1. The molecule has 1 amide bonds. The molecule has 7 nitrogen and oxygen atoms in total. The number of nitrogens with one attached hydrogen (secondary N) is 2. The fraction of sp³-hybridized carbons (Fsp3) is 0.133. The molecule has 1 atom stereocenters. The number of halogens is 1. The van der Waals surface area contributed by atoms with E-state index in [1.165, 1.54) is 0 Å². The van der Waals surface area contributed by atoms with Gasteiger partial charge in [0.2, 0.25) is 5.91 Å². The SMILES string of the molecule is N[C@@H](Cc1cnc[nH]1)C(=O)Nc1ccn(-c2ccccc2Cl)n1. The van der Waals surface area contributed by atoms with Crippen LogP contribution in [0.3, 0.4) is 0 Å². The molecule has 3 rings (SSSR count). The molecule has 0 bridgehead atoms. The summed E-state index contributed by atoms with van der Waals surface area (Å²) in [5, 5.41) is 7.55. The Morgan fingerprint density at radius 3 is 2.96 bits per heavy atom. The highest BCUT2D eigenvalue weighted by Gasteiger charge is 2.16. The Hall–Kier alpha value is -2.64. The second-order valence-electron chi connectivity index (χ2n) is 4.97. The summed E-state index contributed by atoms with van der Waals surface area (Å²) < 4.78 is 1.60. The van der Waals surface area contributed by atoms with Crippen molar-refractivity contribution in [3.8, 4) is 5.69 Å². The summed E-state index contributed by atoms with van der Waals surface area (Å²) in [5.74, 6) is 0.0963. The lowest BCUT2D eigenvalue weighted by atomic mass is 10.1. The van der Waals surface area contributed by atoms with E-state index in [-0.39, 0.29) is 5.91 Å². The molecule has 2 heterocycles. The molecule has 0 aliphatic heterocycles. The third-order valence-corrected chi connectivity index (χ3v) is 3.59. The van der Waals surface area contributed by atoms with Crippen molar-refractivity contribution in [3.05, 3.63) is 59.8 Å². The number of amides is 1. The Morgan fingerprint density at radius 1 is 1.39 bits per heavy atom. The molecule has 0 aliphatic carbocycles. The number of hydrogen-bond donors (Lipinski definition) is 3. The molecule has 0 saturated carbocycles. The van der Waals surface area contributed by atoms with Gasteiger partial charge < -0.3 is 16.0 Å². The highest BCUT2D eigenvalue weighted by atomic mass is 35.5. The third-order valence-electron chi connectivity index (χ3n) is 3.27. The first-order chi connectivity index (χ1) is 11.1. The minimum atomic E-state index is -0.694. The molecule has 2 aromatic heterocycles. The van der Waals surface area contributed by atoms with E-state index in [1.807, 2.05) is 18.2 Å². The van der Waals surface area contributed by atoms with Crippen molar-refractivity contribution in [2.24, 2.45) is 5.73 Å². The average molecular weight is 331 g/mol. The van der Waals surface area contributed by atoms with Gasteiger partial charge in [0, 0.05) is 30.6 Å². The Morgan fingerprint density at radius 2 is 2.22 bits per heavy atom. The van der Waals surface area contributed by atoms with Gasteiger partial charge in [-0.05, 0) is 12.1 Å². The minimum absolute atomic E-state index is 0.316. The van der Waals surface area contributed by atoms with Gasteiger partial charge in [-0.1, -0.05) is 23.7 Å². The van der Waals surface area contributed by atoms with Gasteiger partial charge in [0.25, 0.3) is 0 Å². The number of para-hydroxylation sites is 1. The second-order valence-corrected chi connectivity index (χ2v) is 5.38. The van der Waals surface area contributed by atoms with Gasteiger partial charge in [0.15, 0.2) is 5.82 Å². The third kappa shape index (κ3) is 3.58. The summed E-state index contributed by atoms with van der Waals surface area (Å²) in [7, 11) is 0. The number of nitrogens with zero attached hydrogens (tertiary/aromatic N) is 3. The fourth-order valence-corrected chi connectivity index (χ4v) is 2.33. The summed E-state index contributed by atoms with van der Waals surface area (Å²) in [6, 6.07) is 8.31. The number of aromatic nitrogens is 4. The molecule has 3 aromatic rings. The molecule has 0 saturated heterocycles. The van der Waals surface area contributed by atoms with Gasteiger partial charge in [0.1, 0.15) is 0 Å². The molecular weight excluding hydrogens is 316 g/mol. The summed E-state index contributed by atoms with van der Waals surface area (Å²) in [6.45, 7) is 0. The lowest BCUT2D eigenvalue weighted by Crippen LogP contribution is -2.37. The first-order valence-corrected chi connectivity index (χ1v) is 7.35. The number of aromatic amines is 1. The van der Waals surface area contributed by atoms with Gasteiger partial charge in [-0.2, -0.15) is 5.10 Å². The minimum Gasteiger partial charge on any atom is -0.348 e. The quantitative estimate of drug-likeness (QED) is 0.663. The van der Waals surface area contributed by atoms with Crippen molar-refractivity contribution < 1.29 is 4.79 Å². The second kappa shape index (κ2) is 6.64. The number of benzene rings is 1. The highest BCUT2D eigenvalue weighted by Crippen LogP contribution is 2.20. The van der Waals surface area contributed by atoms with Gasteiger partial charge in [0.05, 0.1) is 23.1 Å². The normalized spacial score (nSPS) is 12.1. The van der Waals surface area contributed by atoms with Crippen LogP contribution < -0.4 is 11.1 Å². The van der Waals surface area contributed by atoms with Crippen molar-refractivity contribution in [3.63, 3.8) is 0 Å². The van der Waals surface area contributed by atoms with Crippen LogP contribution in [0.4, 0.5) is 5.82 Å². The summed E-state index contributed by atoms with van der Waals surface area (Å²) in [6.07, 6.45) is 5.28. The van der Waals surface area contributed by atoms with E-state index in [1.54, 1.807) is 35.5 Å². The maximum absolute atomic E-state index is 12.1. The zero-order chi connectivity index (χ0) is 16.2. The average Bonchev–Trinajstić information content (AvgIpc) is 3.19. The molecule has 23 heavy (non-hydrogen) atoms. The lowest BCUT2D eigenvalue weighted by molar-refractivity contribution is -0.117. The van der Waals surface area contributed by atoms with Crippen molar-refractivity contribution in [2.75, 3.05) is 5.32 Å². The first-order valence-electron chi connectivity index (χ1n) is 6.98. The predicted octanol–water partition coefficient (Wildman–Crippen LogP) is 1.76. The molecule has 0 spiro atoms. The van der Waals surface area contributed by atoms with Crippen molar-refractivity contribution >= 4 is 23.3 Å². The van der Waals surface area contributed by atoms with Crippen LogP contribution in [0.2, 0.25) is 5.02 Å². The van der Waals surface area contributed by atoms with Crippen LogP contribution in [0.5, 0.6) is 0 Å². The van der Waals surface area contributed by atoms with Crippen molar-refractivity contribution in [1.82, 2.24) is 19.7 Å². The molecule has 0 aliphatic rings. The number of hydrogen-bond acceptors (Lipinski definition) is 4. The number of carbonyl (C=O) groups excluding carboxylic acids is 1. The summed E-state index contributed by atoms with van der Waals surface area (Å²) >= 11 is 6.13. The summed E-state index contributed by atoms with van der Waals surface area (Å²) in [5.41, 5.74) is 7.42. The smallest absolute Gasteiger partial charge is 0.242 e. The maximum Gasteiger partial charge on any atom is 0.242 e. The molecule has 118 valence electrons. The molecule has 0 radical (unpaired) electrons. The molecule has 0 fully saturated rings. The maximum atomic E-state index is 12.1. The van der Waals surface area contributed by atoms with Crippen LogP contribution in [0.15, 0.2) is 49.1 Å². The van der Waals surface area contributed by atoms with Crippen LogP contribution in [0.1, 0.15) is 5.69 Å². The van der Waals surface area contributed by atoms with E-state index in [4.69, 9.17) is 17.3 Å². The molecule has 4 N–H and O–H groups in total. The number of imidazole rings is 1. The van der Waals surface area contributed by atoms with E-state index in [9.17, 15) is 4.79 Å². The number of H-pyrrole nitrogens is 1. The molecule has 1 aromatic carbocycles. The van der Waals surface area contributed by atoms with Crippen LogP contribution in [0, 0.1) is 0 Å². The van der Waals surface area contributed by atoms with E-state index < -0.39 is 6.04 Å². The Bertz CT molecular complexity index is 798.